The molecule has 7 heteroatoms. The van der Waals surface area contributed by atoms with Crippen molar-refractivity contribution in [3.05, 3.63) is 65.5 Å². The molecule has 0 atom stereocenters. The summed E-state index contributed by atoms with van der Waals surface area (Å²) in [7, 11) is 0. The number of hydrazine groups is 1. The molecule has 0 aliphatic heterocycles. The van der Waals surface area contributed by atoms with Crippen molar-refractivity contribution in [3.8, 4) is 5.75 Å². The van der Waals surface area contributed by atoms with Gasteiger partial charge in [-0.25, -0.2) is 14.6 Å². The monoisotopic (exact) mass is 399 g/mol. The summed E-state index contributed by atoms with van der Waals surface area (Å²) < 4.78 is 18.9. The van der Waals surface area contributed by atoms with Gasteiger partial charge in [0.1, 0.15) is 11.6 Å². The van der Waals surface area contributed by atoms with Crippen molar-refractivity contribution < 1.29 is 18.7 Å². The average molecular weight is 399 g/mol. The molecule has 0 radical (unpaired) electrons. The second-order valence-electron chi connectivity index (χ2n) is 7.18. The molecule has 0 spiro atoms. The van der Waals surface area contributed by atoms with Gasteiger partial charge in [-0.15, -0.1) is 0 Å². The van der Waals surface area contributed by atoms with Crippen LogP contribution in [0.25, 0.3) is 0 Å². The Bertz CT molecular complexity index is 820. The molecule has 1 saturated carbocycles. The number of urea groups is 1. The molecule has 0 unspecified atom stereocenters. The van der Waals surface area contributed by atoms with E-state index in [1.54, 1.807) is 0 Å². The number of benzene rings is 2. The molecule has 0 aromatic heterocycles. The molecule has 1 aliphatic carbocycles. The van der Waals surface area contributed by atoms with Gasteiger partial charge >= 0.3 is 6.03 Å². The molecule has 3 N–H and O–H groups in total. The van der Waals surface area contributed by atoms with Crippen LogP contribution in [0.2, 0.25) is 0 Å². The van der Waals surface area contributed by atoms with E-state index in [4.69, 9.17) is 4.74 Å². The number of nitrogens with one attached hydrogen (secondary N) is 3. The third-order valence-electron chi connectivity index (χ3n) is 4.80. The van der Waals surface area contributed by atoms with Crippen LogP contribution >= 0.6 is 0 Å². The van der Waals surface area contributed by atoms with Gasteiger partial charge in [-0.3, -0.25) is 10.2 Å². The van der Waals surface area contributed by atoms with Crippen molar-refractivity contribution >= 4 is 11.9 Å². The van der Waals surface area contributed by atoms with Crippen LogP contribution in [0.3, 0.4) is 0 Å². The molecule has 0 saturated heterocycles. The molecule has 2 aromatic rings. The third kappa shape index (κ3) is 7.10. The van der Waals surface area contributed by atoms with Crippen LogP contribution in [0.5, 0.6) is 5.75 Å². The van der Waals surface area contributed by atoms with Gasteiger partial charge in [0, 0.05) is 6.54 Å². The minimum atomic E-state index is -0.518. The van der Waals surface area contributed by atoms with E-state index in [1.807, 2.05) is 24.3 Å². The maximum Gasteiger partial charge on any atom is 0.333 e. The van der Waals surface area contributed by atoms with Gasteiger partial charge in [-0.2, -0.15) is 0 Å². The Morgan fingerprint density at radius 3 is 2.48 bits per heavy atom. The Balaban J connectivity index is 1.39. The summed E-state index contributed by atoms with van der Waals surface area (Å²) in [5.41, 5.74) is 6.20. The number of carbonyl (C=O) groups is 2. The maximum absolute atomic E-state index is 12.9. The fourth-order valence-electron chi connectivity index (χ4n) is 3.29. The summed E-state index contributed by atoms with van der Waals surface area (Å²) >= 11 is 0. The molecule has 6 nitrogen and oxygen atoms in total. The van der Waals surface area contributed by atoms with Crippen molar-refractivity contribution in [2.45, 2.75) is 51.2 Å². The number of hydrogen-bond donors (Lipinski definition) is 3. The van der Waals surface area contributed by atoms with E-state index < -0.39 is 11.9 Å². The minimum Gasteiger partial charge on any atom is -0.490 e. The summed E-state index contributed by atoms with van der Waals surface area (Å²) in [6.07, 6.45) is 6.18. The lowest BCUT2D eigenvalue weighted by Crippen LogP contribution is -2.47. The number of rotatable bonds is 6. The van der Waals surface area contributed by atoms with Gasteiger partial charge in [0.05, 0.1) is 12.5 Å². The quantitative estimate of drug-likeness (QED) is 0.649. The van der Waals surface area contributed by atoms with Gasteiger partial charge in [0.2, 0.25) is 5.91 Å². The van der Waals surface area contributed by atoms with E-state index >= 15 is 0 Å². The van der Waals surface area contributed by atoms with Gasteiger partial charge in [-0.05, 0) is 61.1 Å². The second-order valence-corrected chi connectivity index (χ2v) is 7.18. The second kappa shape index (κ2) is 10.5. The Hall–Kier alpha value is -3.09. The lowest BCUT2D eigenvalue weighted by Gasteiger charge is -2.23. The zero-order chi connectivity index (χ0) is 20.5. The summed E-state index contributed by atoms with van der Waals surface area (Å²) in [4.78, 5) is 23.7. The highest BCUT2D eigenvalue weighted by Gasteiger charge is 2.15. The van der Waals surface area contributed by atoms with E-state index in [-0.39, 0.29) is 18.3 Å². The summed E-state index contributed by atoms with van der Waals surface area (Å²) in [6.45, 7) is 0.307. The molecule has 29 heavy (non-hydrogen) atoms. The SMILES string of the molecule is O=C(Cc1ccc(F)cc1)NNC(=O)NCc1cccc(OC2CCCCC2)c1. The highest BCUT2D eigenvalue weighted by molar-refractivity contribution is 5.82. The highest BCUT2D eigenvalue weighted by Crippen LogP contribution is 2.23. The minimum absolute atomic E-state index is 0.0428. The first kappa shape index (κ1) is 20.6. The van der Waals surface area contributed by atoms with Gasteiger partial charge < -0.3 is 10.1 Å². The first-order valence-corrected chi connectivity index (χ1v) is 9.91. The summed E-state index contributed by atoms with van der Waals surface area (Å²) in [5.74, 6) is 0.0544. The van der Waals surface area contributed by atoms with Crippen LogP contribution < -0.4 is 20.9 Å². The van der Waals surface area contributed by atoms with Crippen molar-refractivity contribution in [2.24, 2.45) is 0 Å². The Morgan fingerprint density at radius 2 is 1.72 bits per heavy atom. The number of ether oxygens (including phenoxy) is 1. The number of halogens is 1. The molecule has 0 bridgehead atoms. The molecule has 154 valence electrons. The first-order chi connectivity index (χ1) is 14.1. The van der Waals surface area contributed by atoms with E-state index in [2.05, 4.69) is 16.2 Å². The van der Waals surface area contributed by atoms with Crippen LogP contribution in [0, 0.1) is 5.82 Å². The van der Waals surface area contributed by atoms with E-state index in [9.17, 15) is 14.0 Å². The topological polar surface area (TPSA) is 79.5 Å². The Kier molecular flexibility index (Phi) is 7.44. The van der Waals surface area contributed by atoms with Crippen molar-refractivity contribution in [3.63, 3.8) is 0 Å². The van der Waals surface area contributed by atoms with E-state index in [0.29, 0.717) is 12.1 Å². The smallest absolute Gasteiger partial charge is 0.333 e. The summed E-state index contributed by atoms with van der Waals surface area (Å²) in [5, 5.41) is 2.69. The van der Waals surface area contributed by atoms with Crippen LogP contribution in [-0.4, -0.2) is 18.0 Å². The molecule has 2 aromatic carbocycles. The number of hydrogen-bond acceptors (Lipinski definition) is 3. The van der Waals surface area contributed by atoms with Gasteiger partial charge in [-0.1, -0.05) is 30.7 Å². The fourth-order valence-corrected chi connectivity index (χ4v) is 3.29. The predicted octanol–water partition coefficient (Wildman–Crippen LogP) is 3.61. The normalized spacial score (nSPS) is 14.1. The molecular weight excluding hydrogens is 373 g/mol. The lowest BCUT2D eigenvalue weighted by molar-refractivity contribution is -0.121. The van der Waals surface area contributed by atoms with E-state index in [0.717, 1.165) is 24.2 Å². The third-order valence-corrected chi connectivity index (χ3v) is 4.80. The maximum atomic E-state index is 12.9. The largest absolute Gasteiger partial charge is 0.490 e. The van der Waals surface area contributed by atoms with Crippen LogP contribution in [0.4, 0.5) is 9.18 Å². The van der Waals surface area contributed by atoms with Crippen LogP contribution in [0.1, 0.15) is 43.2 Å². The molecule has 3 rings (SSSR count). The molecule has 3 amide bonds. The molecule has 1 fully saturated rings. The standard InChI is InChI=1S/C22H26FN3O3/c23-18-11-9-16(10-12-18)14-21(27)25-26-22(28)24-15-17-5-4-8-20(13-17)29-19-6-2-1-3-7-19/h4-5,8-13,19H,1-3,6-7,14-15H2,(H,25,27)(H2,24,26,28). The fraction of sp³-hybridized carbons (Fsp3) is 0.364. The Labute approximate surface area is 169 Å². The van der Waals surface area contributed by atoms with Gasteiger partial charge in [0.15, 0.2) is 0 Å². The number of amides is 3. The molecule has 0 heterocycles. The van der Waals surface area contributed by atoms with Crippen LogP contribution in [-0.2, 0) is 17.8 Å². The summed E-state index contributed by atoms with van der Waals surface area (Å²) in [6, 6.07) is 12.8. The molecular formula is C22H26FN3O3. The van der Waals surface area contributed by atoms with Crippen molar-refractivity contribution in [2.75, 3.05) is 0 Å². The number of carbonyl (C=O) groups excluding carboxylic acids is 2. The highest BCUT2D eigenvalue weighted by atomic mass is 19.1. The predicted molar refractivity (Wildman–Crippen MR) is 108 cm³/mol. The van der Waals surface area contributed by atoms with Crippen molar-refractivity contribution in [1.82, 2.24) is 16.2 Å². The van der Waals surface area contributed by atoms with Crippen molar-refractivity contribution in [1.29, 1.82) is 0 Å². The zero-order valence-electron chi connectivity index (χ0n) is 16.2. The zero-order valence-corrected chi connectivity index (χ0v) is 16.2. The Morgan fingerprint density at radius 1 is 0.966 bits per heavy atom. The molecule has 1 aliphatic rings. The first-order valence-electron chi connectivity index (χ1n) is 9.91. The van der Waals surface area contributed by atoms with E-state index in [1.165, 1.54) is 43.5 Å². The van der Waals surface area contributed by atoms with Gasteiger partial charge in [0.25, 0.3) is 0 Å². The average Bonchev–Trinajstić information content (AvgIpc) is 2.73. The van der Waals surface area contributed by atoms with Crippen LogP contribution in [0.15, 0.2) is 48.5 Å². The lowest BCUT2D eigenvalue weighted by atomic mass is 9.98.